The number of nitrogens with zero attached hydrogens (tertiary/aromatic N) is 4. The molecule has 11 heteroatoms. The van der Waals surface area contributed by atoms with Gasteiger partial charge in [-0.15, -0.1) is 10.2 Å². The van der Waals surface area contributed by atoms with Gasteiger partial charge in [-0.1, -0.05) is 12.1 Å². The van der Waals surface area contributed by atoms with E-state index >= 15 is 0 Å². The van der Waals surface area contributed by atoms with Crippen LogP contribution in [0.4, 0.5) is 22.4 Å². The largest absolute Gasteiger partial charge is 0.451 e. The molecule has 2 unspecified atom stereocenters. The number of benzene rings is 1. The molecule has 3 rings (SSSR count). The van der Waals surface area contributed by atoms with Crippen LogP contribution in [0.1, 0.15) is 50.1 Å². The quantitative estimate of drug-likeness (QED) is 0.759. The summed E-state index contributed by atoms with van der Waals surface area (Å²) in [5.74, 6) is -1.99. The fourth-order valence-corrected chi connectivity index (χ4v) is 3.13. The molecule has 0 radical (unpaired) electrons. The maximum atomic E-state index is 13.3. The lowest BCUT2D eigenvalue weighted by Crippen LogP contribution is -2.47. The van der Waals surface area contributed by atoms with Crippen molar-refractivity contribution in [2.24, 2.45) is 0 Å². The van der Waals surface area contributed by atoms with Crippen molar-refractivity contribution in [1.82, 2.24) is 19.7 Å². The van der Waals surface area contributed by atoms with Crippen molar-refractivity contribution in [3.05, 3.63) is 47.3 Å². The zero-order valence-electron chi connectivity index (χ0n) is 15.9. The van der Waals surface area contributed by atoms with Gasteiger partial charge in [0.25, 0.3) is 0 Å². The maximum Gasteiger partial charge on any atom is 0.451 e. The number of halogens is 4. The van der Waals surface area contributed by atoms with Crippen molar-refractivity contribution in [3.63, 3.8) is 0 Å². The van der Waals surface area contributed by atoms with E-state index in [0.717, 1.165) is 21.6 Å². The monoisotopic (exact) mass is 416 g/mol. The summed E-state index contributed by atoms with van der Waals surface area (Å²) in [6, 6.07) is 3.48. The topological polar surface area (TPSA) is 80.5 Å². The Morgan fingerprint density at radius 2 is 1.79 bits per heavy atom. The molecule has 1 aliphatic rings. The first-order valence-electron chi connectivity index (χ1n) is 8.82. The number of carbonyl (C=O) groups is 1. The highest BCUT2D eigenvalue weighted by Crippen LogP contribution is 2.39. The van der Waals surface area contributed by atoms with Crippen LogP contribution in [0.3, 0.4) is 0 Å². The van der Waals surface area contributed by atoms with Crippen LogP contribution in [-0.2, 0) is 17.5 Å². The molecule has 0 saturated carbocycles. The average molecular weight is 416 g/mol. The lowest BCUT2D eigenvalue weighted by molar-refractivity contribution is -0.148. The van der Waals surface area contributed by atoms with E-state index in [1.807, 2.05) is 0 Å². The van der Waals surface area contributed by atoms with E-state index in [1.54, 1.807) is 20.8 Å². The molecular formula is C18H20F4N4O3. The molecule has 0 aliphatic carbocycles. The molecule has 1 aromatic carbocycles. The summed E-state index contributed by atoms with van der Waals surface area (Å²) in [4.78, 5) is 13.8. The van der Waals surface area contributed by atoms with Crippen LogP contribution in [0.25, 0.3) is 0 Å². The van der Waals surface area contributed by atoms with Crippen molar-refractivity contribution >= 4 is 6.09 Å². The van der Waals surface area contributed by atoms with E-state index < -0.39 is 41.7 Å². The molecule has 1 amide bonds. The first-order chi connectivity index (χ1) is 13.4. The number of hydrogen-bond acceptors (Lipinski definition) is 5. The molecule has 1 N–H and O–H groups in total. The predicted molar refractivity (Wildman–Crippen MR) is 92.1 cm³/mol. The smallest absolute Gasteiger partial charge is 0.444 e. The number of carbonyl (C=O) groups excluding carboxylic acids is 1. The van der Waals surface area contributed by atoms with Crippen molar-refractivity contribution in [2.45, 2.75) is 51.2 Å². The minimum absolute atomic E-state index is 0.161. The number of hydrogen-bond donors (Lipinski definition) is 1. The third-order valence-corrected chi connectivity index (χ3v) is 4.34. The second kappa shape index (κ2) is 7.29. The minimum Gasteiger partial charge on any atom is -0.444 e. The molecule has 0 saturated heterocycles. The Labute approximate surface area is 163 Å². The van der Waals surface area contributed by atoms with E-state index in [4.69, 9.17) is 4.74 Å². The summed E-state index contributed by atoms with van der Waals surface area (Å²) in [7, 11) is 0. The Hall–Kier alpha value is -2.69. The molecule has 0 fully saturated rings. The van der Waals surface area contributed by atoms with Gasteiger partial charge < -0.3 is 14.4 Å². The molecule has 0 spiro atoms. The second-order valence-corrected chi connectivity index (χ2v) is 7.65. The van der Waals surface area contributed by atoms with Gasteiger partial charge in [-0.25, -0.2) is 9.18 Å². The summed E-state index contributed by atoms with van der Waals surface area (Å²) in [5.41, 5.74) is -0.653. The molecule has 1 aromatic heterocycles. The molecule has 2 heterocycles. The SMILES string of the molecule is CC(C)(C)OC(=O)N1CCn2c(nnc2C(F)(F)F)C1C(O)c1ccc(F)cc1. The lowest BCUT2D eigenvalue weighted by atomic mass is 9.99. The zero-order chi connectivity index (χ0) is 21.6. The Morgan fingerprint density at radius 3 is 2.34 bits per heavy atom. The molecule has 0 bridgehead atoms. The van der Waals surface area contributed by atoms with Gasteiger partial charge in [-0.3, -0.25) is 4.90 Å². The van der Waals surface area contributed by atoms with E-state index in [2.05, 4.69) is 10.2 Å². The standard InChI is InChI=1S/C18H20F4N4O3/c1-17(2,3)29-16(28)25-8-9-26-14(23-24-15(26)18(20,21)22)12(25)13(27)10-4-6-11(19)7-5-10/h4-7,12-13,27H,8-9H2,1-3H3. The van der Waals surface area contributed by atoms with E-state index in [1.165, 1.54) is 12.1 Å². The van der Waals surface area contributed by atoms with Gasteiger partial charge >= 0.3 is 12.3 Å². The van der Waals surface area contributed by atoms with E-state index in [-0.39, 0.29) is 24.5 Å². The number of fused-ring (bicyclic) bond motifs is 1. The first-order valence-corrected chi connectivity index (χ1v) is 8.82. The Balaban J connectivity index is 2.05. The summed E-state index contributed by atoms with van der Waals surface area (Å²) >= 11 is 0. The summed E-state index contributed by atoms with van der Waals surface area (Å²) in [5, 5.41) is 17.7. The third kappa shape index (κ3) is 4.34. The Kier molecular flexibility index (Phi) is 5.28. The number of alkyl halides is 3. The van der Waals surface area contributed by atoms with Crippen molar-refractivity contribution < 1.29 is 32.2 Å². The summed E-state index contributed by atoms with van der Waals surface area (Å²) in [6.07, 6.45) is -7.04. The first kappa shape index (κ1) is 21.0. The maximum absolute atomic E-state index is 13.3. The van der Waals surface area contributed by atoms with E-state index in [0.29, 0.717) is 0 Å². The van der Waals surface area contributed by atoms with Crippen LogP contribution < -0.4 is 0 Å². The molecule has 2 atom stereocenters. The number of rotatable bonds is 2. The fourth-order valence-electron chi connectivity index (χ4n) is 3.13. The Bertz CT molecular complexity index is 890. The van der Waals surface area contributed by atoms with Crippen LogP contribution in [0.15, 0.2) is 24.3 Å². The normalized spacial score (nSPS) is 18.3. The van der Waals surface area contributed by atoms with Crippen molar-refractivity contribution in [2.75, 3.05) is 6.54 Å². The number of ether oxygens (including phenoxy) is 1. The fraction of sp³-hybridized carbons (Fsp3) is 0.500. The van der Waals surface area contributed by atoms with Gasteiger partial charge in [-0.2, -0.15) is 13.2 Å². The summed E-state index contributed by atoms with van der Waals surface area (Å²) < 4.78 is 59.2. The highest BCUT2D eigenvalue weighted by atomic mass is 19.4. The molecule has 158 valence electrons. The van der Waals surface area contributed by atoms with Gasteiger partial charge in [0, 0.05) is 13.1 Å². The minimum atomic E-state index is -4.75. The molecule has 7 nitrogen and oxygen atoms in total. The van der Waals surface area contributed by atoms with Crippen molar-refractivity contribution in [1.29, 1.82) is 0 Å². The zero-order valence-corrected chi connectivity index (χ0v) is 15.9. The molecule has 29 heavy (non-hydrogen) atoms. The number of aliphatic hydroxyl groups excluding tert-OH is 1. The van der Waals surface area contributed by atoms with Crippen LogP contribution in [-0.4, -0.2) is 43.0 Å². The third-order valence-electron chi connectivity index (χ3n) is 4.34. The van der Waals surface area contributed by atoms with Gasteiger partial charge in [0.1, 0.15) is 23.6 Å². The summed E-state index contributed by atoms with van der Waals surface area (Å²) in [6.45, 7) is 4.55. The number of aliphatic hydroxyl groups is 1. The highest BCUT2D eigenvalue weighted by Gasteiger charge is 2.46. The highest BCUT2D eigenvalue weighted by molar-refractivity contribution is 5.69. The van der Waals surface area contributed by atoms with Crippen LogP contribution in [0.2, 0.25) is 0 Å². The molecule has 1 aliphatic heterocycles. The molecule has 2 aromatic rings. The second-order valence-electron chi connectivity index (χ2n) is 7.65. The lowest BCUT2D eigenvalue weighted by Gasteiger charge is -2.38. The van der Waals surface area contributed by atoms with Crippen LogP contribution in [0.5, 0.6) is 0 Å². The number of amides is 1. The van der Waals surface area contributed by atoms with Crippen LogP contribution in [0, 0.1) is 5.82 Å². The Morgan fingerprint density at radius 1 is 1.17 bits per heavy atom. The molecular weight excluding hydrogens is 396 g/mol. The van der Waals surface area contributed by atoms with E-state index in [9.17, 15) is 27.5 Å². The van der Waals surface area contributed by atoms with Gasteiger partial charge in [0.05, 0.1) is 0 Å². The number of aromatic nitrogens is 3. The van der Waals surface area contributed by atoms with Crippen molar-refractivity contribution in [3.8, 4) is 0 Å². The van der Waals surface area contributed by atoms with Gasteiger partial charge in [0.15, 0.2) is 5.82 Å². The van der Waals surface area contributed by atoms with Gasteiger partial charge in [-0.05, 0) is 38.5 Å². The predicted octanol–water partition coefficient (Wildman–Crippen LogP) is 3.46. The average Bonchev–Trinajstić information content (AvgIpc) is 3.03. The van der Waals surface area contributed by atoms with Gasteiger partial charge in [0.2, 0.25) is 5.82 Å². The van der Waals surface area contributed by atoms with Crippen LogP contribution >= 0.6 is 0 Å².